The lowest BCUT2D eigenvalue weighted by Gasteiger charge is -2.18. The molecule has 0 bridgehead atoms. The minimum atomic E-state index is -0.799. The number of hydrogen-bond donors (Lipinski definition) is 0. The molecule has 440 valence electrons. The van der Waals surface area contributed by atoms with Crippen LogP contribution in [0.15, 0.2) is 109 Å². The summed E-state index contributed by atoms with van der Waals surface area (Å²) in [7, 11) is 0. The molecular weight excluding hydrogens is 949 g/mol. The molecule has 0 rings (SSSR count). The summed E-state index contributed by atoms with van der Waals surface area (Å²) in [5.74, 6) is -0.952. The Kier molecular flexibility index (Phi) is 61.3. The van der Waals surface area contributed by atoms with Gasteiger partial charge in [0.05, 0.1) is 0 Å². The van der Waals surface area contributed by atoms with E-state index in [1.807, 2.05) is 0 Å². The number of carbonyl (C=O) groups is 3. The molecule has 1 atom stereocenters. The first-order valence-electron chi connectivity index (χ1n) is 32.4. The first-order chi connectivity index (χ1) is 38.0. The second kappa shape index (κ2) is 64.6. The Hall–Kier alpha value is -3.93. The normalized spacial score (nSPS) is 12.8. The zero-order valence-electron chi connectivity index (χ0n) is 50.4. The second-order valence-corrected chi connectivity index (χ2v) is 21.3. The fraction of sp³-hybridized carbons (Fsp3) is 0.704. The van der Waals surface area contributed by atoms with Crippen LogP contribution in [0, 0.1) is 0 Å². The van der Waals surface area contributed by atoms with E-state index in [1.54, 1.807) is 0 Å². The maximum atomic E-state index is 12.9. The van der Waals surface area contributed by atoms with Crippen molar-refractivity contribution < 1.29 is 28.6 Å². The van der Waals surface area contributed by atoms with E-state index in [4.69, 9.17) is 14.2 Å². The summed E-state index contributed by atoms with van der Waals surface area (Å²) in [6.07, 6.45) is 88.4. The predicted octanol–water partition coefficient (Wildman–Crippen LogP) is 22.2. The van der Waals surface area contributed by atoms with Crippen LogP contribution >= 0.6 is 0 Å². The van der Waals surface area contributed by atoms with Gasteiger partial charge in [0.15, 0.2) is 6.10 Å². The van der Waals surface area contributed by atoms with E-state index in [-0.39, 0.29) is 37.5 Å². The highest BCUT2D eigenvalue weighted by molar-refractivity contribution is 5.71. The highest BCUT2D eigenvalue weighted by Gasteiger charge is 2.19. The first-order valence-corrected chi connectivity index (χ1v) is 32.4. The standard InChI is InChI=1S/C71H120O6/c1-4-7-10-13-16-19-21-23-25-27-29-31-33-34-35-36-37-38-39-41-42-44-46-48-50-52-55-58-61-64-70(73)76-67-68(66-75-69(72)63-60-57-54-18-15-12-9-6-3)77-71(74)65-62-59-56-53-51-49-47-45-43-40-32-30-28-26-24-22-20-17-14-11-8-5-2/h7,10,16,19,23,25,29,31,34-35,37-38,41-42,46,48,52,55,68H,4-6,8-9,11-15,17-18,20-22,24,26-28,30,32-33,36,39-40,43-45,47,49-51,53-54,56-67H2,1-3H3/b10-7-,19-16-,25-23-,31-29-,35-34-,38-37-,42-41-,48-46-,55-52-. The highest BCUT2D eigenvalue weighted by atomic mass is 16.6. The quantitative estimate of drug-likeness (QED) is 0.0261. The molecule has 0 aromatic carbocycles. The van der Waals surface area contributed by atoms with Crippen LogP contribution in [0.3, 0.4) is 0 Å². The molecule has 77 heavy (non-hydrogen) atoms. The molecule has 0 aliphatic carbocycles. The Labute approximate surface area is 476 Å². The summed E-state index contributed by atoms with van der Waals surface area (Å²) in [5, 5.41) is 0. The summed E-state index contributed by atoms with van der Waals surface area (Å²) >= 11 is 0. The maximum absolute atomic E-state index is 12.9. The van der Waals surface area contributed by atoms with Gasteiger partial charge in [-0.15, -0.1) is 0 Å². The molecule has 0 saturated carbocycles. The predicted molar refractivity (Wildman–Crippen MR) is 334 cm³/mol. The number of unbranched alkanes of at least 4 members (excludes halogenated alkanes) is 29. The summed E-state index contributed by atoms with van der Waals surface area (Å²) < 4.78 is 16.8. The van der Waals surface area contributed by atoms with Gasteiger partial charge in [-0.25, -0.2) is 0 Å². The van der Waals surface area contributed by atoms with Gasteiger partial charge in [0.25, 0.3) is 0 Å². The van der Waals surface area contributed by atoms with Crippen LogP contribution in [0.25, 0.3) is 0 Å². The average molecular weight is 1070 g/mol. The molecule has 1 unspecified atom stereocenters. The molecule has 0 radical (unpaired) electrons. The van der Waals surface area contributed by atoms with Gasteiger partial charge in [0.2, 0.25) is 0 Å². The van der Waals surface area contributed by atoms with E-state index in [2.05, 4.69) is 130 Å². The van der Waals surface area contributed by atoms with E-state index >= 15 is 0 Å². The van der Waals surface area contributed by atoms with E-state index in [1.165, 1.54) is 154 Å². The van der Waals surface area contributed by atoms with Crippen molar-refractivity contribution in [3.63, 3.8) is 0 Å². The third-order valence-corrected chi connectivity index (χ3v) is 13.8. The van der Waals surface area contributed by atoms with Crippen molar-refractivity contribution in [2.45, 2.75) is 309 Å². The Balaban J connectivity index is 4.28. The summed E-state index contributed by atoms with van der Waals surface area (Å²) in [6.45, 7) is 6.47. The molecule has 0 aromatic rings. The van der Waals surface area contributed by atoms with Crippen LogP contribution < -0.4 is 0 Å². The minimum absolute atomic E-state index is 0.0935. The topological polar surface area (TPSA) is 78.9 Å². The number of ether oxygens (including phenoxy) is 3. The van der Waals surface area contributed by atoms with Crippen LogP contribution in [0.4, 0.5) is 0 Å². The van der Waals surface area contributed by atoms with Gasteiger partial charge < -0.3 is 14.2 Å². The molecule has 0 saturated heterocycles. The summed E-state index contributed by atoms with van der Waals surface area (Å²) in [5.41, 5.74) is 0. The third-order valence-electron chi connectivity index (χ3n) is 13.8. The van der Waals surface area contributed by atoms with E-state index in [0.717, 1.165) is 103 Å². The molecule has 0 aliphatic heterocycles. The lowest BCUT2D eigenvalue weighted by atomic mass is 10.0. The molecule has 0 aromatic heterocycles. The SMILES string of the molecule is CC/C=C\C/C=C\C/C=C\C/C=C\C/C=C\C/C=C\C/C=C\C/C=C\C/C=C\CCCC(=O)OCC(COC(=O)CCCCCCCCCC)OC(=O)CCCCCCCCCCCCCCCCCCCCCCCC. The molecule has 0 spiro atoms. The molecule has 0 heterocycles. The molecule has 0 aliphatic rings. The van der Waals surface area contributed by atoms with Crippen molar-refractivity contribution >= 4 is 17.9 Å². The van der Waals surface area contributed by atoms with Crippen molar-refractivity contribution in [2.24, 2.45) is 0 Å². The lowest BCUT2D eigenvalue weighted by molar-refractivity contribution is -0.167. The number of esters is 3. The van der Waals surface area contributed by atoms with Gasteiger partial charge in [-0.1, -0.05) is 310 Å². The van der Waals surface area contributed by atoms with Crippen molar-refractivity contribution in [1.82, 2.24) is 0 Å². The molecule has 6 heteroatoms. The van der Waals surface area contributed by atoms with E-state index in [9.17, 15) is 14.4 Å². The van der Waals surface area contributed by atoms with Gasteiger partial charge in [0, 0.05) is 19.3 Å². The summed E-state index contributed by atoms with van der Waals surface area (Å²) in [4.78, 5) is 38.1. The maximum Gasteiger partial charge on any atom is 0.306 e. The fourth-order valence-corrected chi connectivity index (χ4v) is 8.98. The Morgan fingerprint density at radius 2 is 0.506 bits per heavy atom. The van der Waals surface area contributed by atoms with Crippen LogP contribution in [0.5, 0.6) is 0 Å². The lowest BCUT2D eigenvalue weighted by Crippen LogP contribution is -2.30. The van der Waals surface area contributed by atoms with Crippen LogP contribution in [-0.4, -0.2) is 37.2 Å². The number of carbonyl (C=O) groups excluding carboxylic acids is 3. The molecule has 0 amide bonds. The monoisotopic (exact) mass is 1070 g/mol. The van der Waals surface area contributed by atoms with Gasteiger partial charge in [-0.2, -0.15) is 0 Å². The zero-order valence-corrected chi connectivity index (χ0v) is 50.4. The van der Waals surface area contributed by atoms with Gasteiger partial charge in [-0.05, 0) is 83.5 Å². The molecule has 6 nitrogen and oxygen atoms in total. The molecular formula is C71H120O6. The highest BCUT2D eigenvalue weighted by Crippen LogP contribution is 2.17. The van der Waals surface area contributed by atoms with Gasteiger partial charge in [-0.3, -0.25) is 14.4 Å². The molecule has 0 N–H and O–H groups in total. The number of rotatable bonds is 58. The van der Waals surface area contributed by atoms with Crippen LogP contribution in [-0.2, 0) is 28.6 Å². The molecule has 0 fully saturated rings. The van der Waals surface area contributed by atoms with E-state index < -0.39 is 6.10 Å². The number of hydrogen-bond acceptors (Lipinski definition) is 6. The smallest absolute Gasteiger partial charge is 0.306 e. The zero-order chi connectivity index (χ0) is 55.7. The largest absolute Gasteiger partial charge is 0.462 e. The van der Waals surface area contributed by atoms with Crippen molar-refractivity contribution in [1.29, 1.82) is 0 Å². The average Bonchev–Trinajstić information content (AvgIpc) is 3.43. The second-order valence-electron chi connectivity index (χ2n) is 21.3. The Morgan fingerprint density at radius 3 is 0.792 bits per heavy atom. The minimum Gasteiger partial charge on any atom is -0.462 e. The van der Waals surface area contributed by atoms with Gasteiger partial charge >= 0.3 is 17.9 Å². The summed E-state index contributed by atoms with van der Waals surface area (Å²) in [6, 6.07) is 0. The number of allylic oxidation sites excluding steroid dienone is 18. The first kappa shape index (κ1) is 73.1. The third kappa shape index (κ3) is 62.8. The fourth-order valence-electron chi connectivity index (χ4n) is 8.98. The van der Waals surface area contributed by atoms with Crippen molar-refractivity contribution in [3.05, 3.63) is 109 Å². The van der Waals surface area contributed by atoms with Crippen LogP contribution in [0.1, 0.15) is 303 Å². The van der Waals surface area contributed by atoms with E-state index in [0.29, 0.717) is 19.3 Å². The Morgan fingerprint density at radius 1 is 0.273 bits per heavy atom. The van der Waals surface area contributed by atoms with Crippen molar-refractivity contribution in [3.8, 4) is 0 Å². The Bertz CT molecular complexity index is 1560. The van der Waals surface area contributed by atoms with Gasteiger partial charge in [0.1, 0.15) is 13.2 Å². The van der Waals surface area contributed by atoms with Crippen molar-refractivity contribution in [2.75, 3.05) is 13.2 Å². The van der Waals surface area contributed by atoms with Crippen LogP contribution in [0.2, 0.25) is 0 Å².